The predicted molar refractivity (Wildman–Crippen MR) is 79.2 cm³/mol. The van der Waals surface area contributed by atoms with Gasteiger partial charge in [-0.25, -0.2) is 0 Å². The van der Waals surface area contributed by atoms with E-state index in [1.165, 1.54) is 37.0 Å². The van der Waals surface area contributed by atoms with Crippen molar-refractivity contribution in [2.75, 3.05) is 13.1 Å². The summed E-state index contributed by atoms with van der Waals surface area (Å²) < 4.78 is 0. The summed E-state index contributed by atoms with van der Waals surface area (Å²) in [5.41, 5.74) is 6.52. The minimum Gasteiger partial charge on any atom is -0.351 e. The lowest BCUT2D eigenvalue weighted by atomic mass is 10.0. The highest BCUT2D eigenvalue weighted by Gasteiger charge is 2.41. The van der Waals surface area contributed by atoms with E-state index < -0.39 is 0 Å². The number of thiophene rings is 1. The average molecular weight is 276 g/mol. The zero-order chi connectivity index (χ0) is 13.7. The van der Waals surface area contributed by atoms with E-state index in [2.05, 4.69) is 24.1 Å². The van der Waals surface area contributed by atoms with Crippen molar-refractivity contribution in [1.82, 2.24) is 5.32 Å². The molecule has 0 saturated heterocycles. The van der Waals surface area contributed by atoms with Crippen LogP contribution in [0.2, 0.25) is 0 Å². The maximum Gasteiger partial charge on any atom is 0.262 e. The second kappa shape index (κ2) is 6.23. The molecule has 1 aliphatic carbocycles. The molecule has 0 radical (unpaired) electrons. The lowest BCUT2D eigenvalue weighted by molar-refractivity contribution is 0.0947. The van der Waals surface area contributed by atoms with E-state index in [1.54, 1.807) is 0 Å². The minimum atomic E-state index is -0.00120. The summed E-state index contributed by atoms with van der Waals surface area (Å²) in [6.45, 7) is 3.31. The third-order valence-electron chi connectivity index (χ3n) is 3.56. The normalized spacial score (nSPS) is 15.5. The molecular formula is C15H20N2OS. The molecule has 1 amide bonds. The second-order valence-corrected chi connectivity index (χ2v) is 6.02. The predicted octanol–water partition coefficient (Wildman–Crippen LogP) is 2.37. The van der Waals surface area contributed by atoms with Crippen LogP contribution in [0, 0.1) is 17.3 Å². The third-order valence-corrected chi connectivity index (χ3v) is 4.47. The highest BCUT2D eigenvalue weighted by molar-refractivity contribution is 7.12. The molecule has 0 aromatic carbocycles. The van der Waals surface area contributed by atoms with E-state index in [1.807, 2.05) is 11.4 Å². The van der Waals surface area contributed by atoms with Gasteiger partial charge in [0, 0.05) is 12.1 Å². The van der Waals surface area contributed by atoms with Crippen LogP contribution in [0.1, 0.15) is 47.8 Å². The van der Waals surface area contributed by atoms with Crippen molar-refractivity contribution in [1.29, 1.82) is 0 Å². The summed E-state index contributed by atoms with van der Waals surface area (Å²) in [5, 5.41) is 4.96. The zero-order valence-corrected chi connectivity index (χ0v) is 12.1. The number of hydrogen-bond acceptors (Lipinski definition) is 3. The molecule has 2 rings (SSSR count). The fraction of sp³-hybridized carbons (Fsp3) is 0.533. The lowest BCUT2D eigenvalue weighted by Gasteiger charge is -2.14. The molecule has 1 aromatic rings. The molecule has 0 bridgehead atoms. The molecule has 1 heterocycles. The average Bonchev–Trinajstić information content (AvgIpc) is 3.01. The number of carbonyl (C=O) groups is 1. The number of hydrogen-bond donors (Lipinski definition) is 2. The van der Waals surface area contributed by atoms with E-state index in [0.717, 1.165) is 12.1 Å². The Morgan fingerprint density at radius 3 is 3.00 bits per heavy atom. The van der Waals surface area contributed by atoms with Gasteiger partial charge in [-0.2, -0.15) is 0 Å². The summed E-state index contributed by atoms with van der Waals surface area (Å²) in [7, 11) is 0. The van der Waals surface area contributed by atoms with Crippen molar-refractivity contribution < 1.29 is 4.79 Å². The number of carbonyl (C=O) groups excluding carboxylic acids is 1. The van der Waals surface area contributed by atoms with Gasteiger partial charge in [-0.05, 0) is 36.1 Å². The van der Waals surface area contributed by atoms with Crippen molar-refractivity contribution in [3.8, 4) is 11.8 Å². The Kier molecular flexibility index (Phi) is 4.62. The number of rotatable bonds is 5. The molecule has 4 heteroatoms. The Balaban J connectivity index is 1.95. The molecule has 3 N–H and O–H groups in total. The van der Waals surface area contributed by atoms with Gasteiger partial charge in [0.1, 0.15) is 4.88 Å². The molecule has 1 fully saturated rings. The van der Waals surface area contributed by atoms with Crippen molar-refractivity contribution >= 4 is 17.2 Å². The highest BCUT2D eigenvalue weighted by Crippen LogP contribution is 2.48. The standard InChI is InChI=1S/C15H20N2OS/c1-2-6-15(7-8-15)11-17-14(18)13-12(4-3-9-16)5-10-19-13/h5,10H,2,6-9,11,16H2,1H3,(H,17,18). The Morgan fingerprint density at radius 1 is 1.58 bits per heavy atom. The van der Waals surface area contributed by atoms with Crippen molar-refractivity contribution in [3.63, 3.8) is 0 Å². The molecule has 1 aliphatic rings. The van der Waals surface area contributed by atoms with Crippen molar-refractivity contribution in [2.24, 2.45) is 11.1 Å². The first kappa shape index (κ1) is 14.1. The molecule has 102 valence electrons. The monoisotopic (exact) mass is 276 g/mol. The fourth-order valence-corrected chi connectivity index (χ4v) is 3.07. The molecule has 1 aromatic heterocycles. The van der Waals surface area contributed by atoms with Gasteiger partial charge in [0.25, 0.3) is 5.91 Å². The number of nitrogens with two attached hydrogens (primary N) is 1. The quantitative estimate of drug-likeness (QED) is 0.811. The molecule has 19 heavy (non-hydrogen) atoms. The van der Waals surface area contributed by atoms with Gasteiger partial charge in [-0.3, -0.25) is 4.79 Å². The Morgan fingerprint density at radius 2 is 2.37 bits per heavy atom. The van der Waals surface area contributed by atoms with Crippen LogP contribution in [0.15, 0.2) is 11.4 Å². The van der Waals surface area contributed by atoms with Crippen molar-refractivity contribution in [2.45, 2.75) is 32.6 Å². The summed E-state index contributed by atoms with van der Waals surface area (Å²) in [4.78, 5) is 12.9. The largest absolute Gasteiger partial charge is 0.351 e. The van der Waals surface area contributed by atoms with E-state index in [4.69, 9.17) is 5.73 Å². The van der Waals surface area contributed by atoms with Gasteiger partial charge < -0.3 is 11.1 Å². The Labute approximate surface area is 118 Å². The van der Waals surface area contributed by atoms with E-state index in [9.17, 15) is 4.79 Å². The zero-order valence-electron chi connectivity index (χ0n) is 11.3. The van der Waals surface area contributed by atoms with E-state index in [-0.39, 0.29) is 5.91 Å². The summed E-state index contributed by atoms with van der Waals surface area (Å²) in [6.07, 6.45) is 4.87. The van der Waals surface area contributed by atoms with Gasteiger partial charge >= 0.3 is 0 Å². The first-order valence-electron chi connectivity index (χ1n) is 6.75. The van der Waals surface area contributed by atoms with Gasteiger partial charge in [-0.1, -0.05) is 25.2 Å². The first-order valence-corrected chi connectivity index (χ1v) is 7.63. The second-order valence-electron chi connectivity index (χ2n) is 5.10. The molecule has 0 atom stereocenters. The van der Waals surface area contributed by atoms with Crippen LogP contribution in [-0.2, 0) is 0 Å². The molecule has 3 nitrogen and oxygen atoms in total. The maximum atomic E-state index is 12.2. The first-order chi connectivity index (χ1) is 9.21. The van der Waals surface area contributed by atoms with Crippen LogP contribution in [0.3, 0.4) is 0 Å². The highest BCUT2D eigenvalue weighted by atomic mass is 32.1. The minimum absolute atomic E-state index is 0.00120. The number of amides is 1. The molecule has 0 unspecified atom stereocenters. The smallest absolute Gasteiger partial charge is 0.262 e. The number of nitrogens with one attached hydrogen (secondary N) is 1. The van der Waals surface area contributed by atoms with Crippen LogP contribution >= 0.6 is 11.3 Å². The van der Waals surface area contributed by atoms with Gasteiger partial charge in [0.05, 0.1) is 6.54 Å². The topological polar surface area (TPSA) is 55.1 Å². The van der Waals surface area contributed by atoms with Crippen LogP contribution < -0.4 is 11.1 Å². The molecule has 1 saturated carbocycles. The van der Waals surface area contributed by atoms with Crippen LogP contribution in [0.5, 0.6) is 0 Å². The maximum absolute atomic E-state index is 12.2. The Bertz CT molecular complexity index is 506. The van der Waals surface area contributed by atoms with Crippen LogP contribution in [0.25, 0.3) is 0 Å². The van der Waals surface area contributed by atoms with Crippen molar-refractivity contribution in [3.05, 3.63) is 21.9 Å². The van der Waals surface area contributed by atoms with Gasteiger partial charge in [-0.15, -0.1) is 11.3 Å². The van der Waals surface area contributed by atoms with E-state index >= 15 is 0 Å². The van der Waals surface area contributed by atoms with Gasteiger partial charge in [0.15, 0.2) is 0 Å². The van der Waals surface area contributed by atoms with Crippen LogP contribution in [-0.4, -0.2) is 19.0 Å². The lowest BCUT2D eigenvalue weighted by Crippen LogP contribution is -2.30. The molecular weight excluding hydrogens is 256 g/mol. The fourth-order valence-electron chi connectivity index (χ4n) is 2.30. The molecule has 0 aliphatic heterocycles. The van der Waals surface area contributed by atoms with Crippen LogP contribution in [0.4, 0.5) is 0 Å². The third kappa shape index (κ3) is 3.59. The summed E-state index contributed by atoms with van der Waals surface area (Å²) >= 11 is 1.44. The summed E-state index contributed by atoms with van der Waals surface area (Å²) in [5.74, 6) is 5.74. The Hall–Kier alpha value is -1.31. The van der Waals surface area contributed by atoms with Gasteiger partial charge in [0.2, 0.25) is 0 Å². The van der Waals surface area contributed by atoms with E-state index in [0.29, 0.717) is 16.8 Å². The molecule has 0 spiro atoms. The summed E-state index contributed by atoms with van der Waals surface area (Å²) in [6, 6.07) is 1.88. The SMILES string of the molecule is CCCC1(CNC(=O)c2sccc2C#CCN)CC1.